The Labute approximate surface area is 112 Å². The van der Waals surface area contributed by atoms with Crippen molar-refractivity contribution in [2.45, 2.75) is 46.1 Å². The van der Waals surface area contributed by atoms with E-state index >= 15 is 0 Å². The summed E-state index contributed by atoms with van der Waals surface area (Å²) < 4.78 is 28.3. The van der Waals surface area contributed by atoms with E-state index in [1.54, 1.807) is 8.61 Å². The van der Waals surface area contributed by atoms with Gasteiger partial charge in [-0.3, -0.25) is 0 Å². The maximum atomic E-state index is 12.6. The topological polar surface area (TPSA) is 66.6 Å². The third-order valence-corrected chi connectivity index (χ3v) is 5.23. The molecule has 2 N–H and O–H groups in total. The Morgan fingerprint density at radius 3 is 2.22 bits per heavy atom. The summed E-state index contributed by atoms with van der Waals surface area (Å²) in [4.78, 5) is 0. The first-order valence-electron chi connectivity index (χ1n) is 6.92. The van der Waals surface area contributed by atoms with Crippen molar-refractivity contribution in [3.63, 3.8) is 0 Å². The van der Waals surface area contributed by atoms with Gasteiger partial charge in [0.25, 0.3) is 10.2 Å². The Morgan fingerprint density at radius 2 is 1.78 bits per heavy atom. The summed E-state index contributed by atoms with van der Waals surface area (Å²) >= 11 is 0. The van der Waals surface area contributed by atoms with Gasteiger partial charge in [0.15, 0.2) is 0 Å². The molecule has 1 heterocycles. The minimum absolute atomic E-state index is 0.0337. The second-order valence-corrected chi connectivity index (χ2v) is 7.25. The Morgan fingerprint density at radius 1 is 1.22 bits per heavy atom. The Balaban J connectivity index is 2.82. The third kappa shape index (κ3) is 3.91. The van der Waals surface area contributed by atoms with E-state index in [-0.39, 0.29) is 6.04 Å². The maximum Gasteiger partial charge on any atom is 0.282 e. The molecule has 1 saturated heterocycles. The first kappa shape index (κ1) is 15.9. The van der Waals surface area contributed by atoms with Crippen LogP contribution in [0.25, 0.3) is 0 Å². The van der Waals surface area contributed by atoms with Crippen molar-refractivity contribution in [3.05, 3.63) is 0 Å². The van der Waals surface area contributed by atoms with Crippen LogP contribution in [0.4, 0.5) is 0 Å². The van der Waals surface area contributed by atoms with Gasteiger partial charge in [-0.15, -0.1) is 0 Å². The molecule has 2 unspecified atom stereocenters. The monoisotopic (exact) mass is 277 g/mol. The fraction of sp³-hybridized carbons (Fsp3) is 1.00. The first-order chi connectivity index (χ1) is 8.41. The SMILES string of the molecule is CCCN(CCC)S(=O)(=O)N1CC(C)CC(N)C1. The smallest absolute Gasteiger partial charge is 0.282 e. The zero-order chi connectivity index (χ0) is 13.8. The van der Waals surface area contributed by atoms with Crippen LogP contribution >= 0.6 is 0 Å². The van der Waals surface area contributed by atoms with Gasteiger partial charge in [0.05, 0.1) is 0 Å². The molecule has 1 aliphatic rings. The molecule has 0 aromatic carbocycles. The quantitative estimate of drug-likeness (QED) is 0.788. The van der Waals surface area contributed by atoms with Crippen molar-refractivity contribution in [2.75, 3.05) is 26.2 Å². The van der Waals surface area contributed by atoms with E-state index in [2.05, 4.69) is 6.92 Å². The summed E-state index contributed by atoms with van der Waals surface area (Å²) in [7, 11) is -3.33. The number of hydrogen-bond donors (Lipinski definition) is 1. The highest BCUT2D eigenvalue weighted by molar-refractivity contribution is 7.86. The molecule has 1 aliphatic heterocycles. The van der Waals surface area contributed by atoms with Crippen LogP contribution in [0.15, 0.2) is 0 Å². The summed E-state index contributed by atoms with van der Waals surface area (Å²) in [6, 6.07) is -0.0337. The van der Waals surface area contributed by atoms with Crippen LogP contribution in [-0.2, 0) is 10.2 Å². The molecule has 18 heavy (non-hydrogen) atoms. The van der Waals surface area contributed by atoms with E-state index in [1.807, 2.05) is 13.8 Å². The van der Waals surface area contributed by atoms with Gasteiger partial charge >= 0.3 is 0 Å². The van der Waals surface area contributed by atoms with Gasteiger partial charge in [-0.1, -0.05) is 20.8 Å². The molecule has 0 aromatic rings. The zero-order valence-electron chi connectivity index (χ0n) is 11.8. The standard InChI is InChI=1S/C12H27N3O2S/c1-4-6-14(7-5-2)18(16,17)15-9-11(3)8-12(13)10-15/h11-12H,4-10,13H2,1-3H3. The van der Waals surface area contributed by atoms with Crippen LogP contribution in [0.1, 0.15) is 40.0 Å². The van der Waals surface area contributed by atoms with Gasteiger partial charge in [-0.25, -0.2) is 0 Å². The first-order valence-corrected chi connectivity index (χ1v) is 8.32. The van der Waals surface area contributed by atoms with Gasteiger partial charge in [0, 0.05) is 32.2 Å². The van der Waals surface area contributed by atoms with Gasteiger partial charge in [0.1, 0.15) is 0 Å². The number of hydrogen-bond acceptors (Lipinski definition) is 3. The lowest BCUT2D eigenvalue weighted by atomic mass is 9.99. The van der Waals surface area contributed by atoms with Gasteiger partial charge < -0.3 is 5.73 Å². The van der Waals surface area contributed by atoms with Crippen molar-refractivity contribution >= 4 is 10.2 Å². The molecule has 108 valence electrons. The molecule has 5 nitrogen and oxygen atoms in total. The van der Waals surface area contributed by atoms with Gasteiger partial charge in [-0.05, 0) is 25.2 Å². The average Bonchev–Trinajstić information content (AvgIpc) is 2.27. The summed E-state index contributed by atoms with van der Waals surface area (Å²) in [6.07, 6.45) is 2.59. The molecule has 0 aromatic heterocycles. The van der Waals surface area contributed by atoms with E-state index in [0.29, 0.717) is 32.1 Å². The number of nitrogens with two attached hydrogens (primary N) is 1. The van der Waals surface area contributed by atoms with Crippen molar-refractivity contribution in [2.24, 2.45) is 11.7 Å². The fourth-order valence-corrected chi connectivity index (χ4v) is 4.52. The predicted octanol–water partition coefficient (Wildman–Crippen LogP) is 1.02. The molecule has 0 amide bonds. The Bertz CT molecular complexity index is 329. The zero-order valence-corrected chi connectivity index (χ0v) is 12.6. The molecular weight excluding hydrogens is 250 g/mol. The molecule has 1 fully saturated rings. The third-order valence-electron chi connectivity index (χ3n) is 3.26. The molecule has 0 bridgehead atoms. The molecule has 0 saturated carbocycles. The predicted molar refractivity (Wildman–Crippen MR) is 74.4 cm³/mol. The van der Waals surface area contributed by atoms with Gasteiger partial charge in [0.2, 0.25) is 0 Å². The molecule has 0 aliphatic carbocycles. The lowest BCUT2D eigenvalue weighted by Gasteiger charge is -2.37. The highest BCUT2D eigenvalue weighted by atomic mass is 32.2. The minimum Gasteiger partial charge on any atom is -0.326 e. The van der Waals surface area contributed by atoms with E-state index in [4.69, 9.17) is 5.73 Å². The van der Waals surface area contributed by atoms with Crippen LogP contribution in [0.3, 0.4) is 0 Å². The van der Waals surface area contributed by atoms with Crippen LogP contribution < -0.4 is 5.73 Å². The second-order valence-electron chi connectivity index (χ2n) is 5.32. The maximum absolute atomic E-state index is 12.6. The Kier molecular flexibility index (Phi) is 6.04. The minimum atomic E-state index is -3.33. The summed E-state index contributed by atoms with van der Waals surface area (Å²) in [5.41, 5.74) is 5.94. The summed E-state index contributed by atoms with van der Waals surface area (Å²) in [6.45, 7) is 8.31. The van der Waals surface area contributed by atoms with E-state index in [9.17, 15) is 8.42 Å². The molecule has 2 atom stereocenters. The highest BCUT2D eigenvalue weighted by Crippen LogP contribution is 2.20. The normalized spacial score (nSPS) is 26.7. The lowest BCUT2D eigenvalue weighted by molar-refractivity contribution is 0.235. The molecule has 0 radical (unpaired) electrons. The summed E-state index contributed by atoms with van der Waals surface area (Å²) in [5, 5.41) is 0. The van der Waals surface area contributed by atoms with Gasteiger partial charge in [-0.2, -0.15) is 17.0 Å². The lowest BCUT2D eigenvalue weighted by Crippen LogP contribution is -2.53. The molecule has 6 heteroatoms. The number of piperidine rings is 1. The highest BCUT2D eigenvalue weighted by Gasteiger charge is 2.34. The number of nitrogens with zero attached hydrogens (tertiary/aromatic N) is 2. The largest absolute Gasteiger partial charge is 0.326 e. The Hall–Kier alpha value is -0.170. The van der Waals surface area contributed by atoms with Crippen molar-refractivity contribution in [3.8, 4) is 0 Å². The van der Waals surface area contributed by atoms with E-state index < -0.39 is 10.2 Å². The average molecular weight is 277 g/mol. The van der Waals surface area contributed by atoms with E-state index in [1.165, 1.54) is 0 Å². The molecule has 0 spiro atoms. The van der Waals surface area contributed by atoms with Crippen molar-refractivity contribution in [1.29, 1.82) is 0 Å². The van der Waals surface area contributed by atoms with Crippen LogP contribution in [-0.4, -0.2) is 49.2 Å². The van der Waals surface area contributed by atoms with E-state index in [0.717, 1.165) is 19.3 Å². The molecular formula is C12H27N3O2S. The second kappa shape index (κ2) is 6.84. The van der Waals surface area contributed by atoms with Crippen LogP contribution in [0.2, 0.25) is 0 Å². The van der Waals surface area contributed by atoms with Crippen molar-refractivity contribution in [1.82, 2.24) is 8.61 Å². The molecule has 1 rings (SSSR count). The fourth-order valence-electron chi connectivity index (χ4n) is 2.54. The summed E-state index contributed by atoms with van der Waals surface area (Å²) in [5.74, 6) is 0.341. The van der Waals surface area contributed by atoms with Crippen LogP contribution in [0.5, 0.6) is 0 Å². The van der Waals surface area contributed by atoms with Crippen molar-refractivity contribution < 1.29 is 8.42 Å². The number of rotatable bonds is 6. The van der Waals surface area contributed by atoms with Crippen LogP contribution in [0, 0.1) is 5.92 Å².